The molecular weight excluding hydrogens is 279 g/mol. The Morgan fingerprint density at radius 1 is 1.33 bits per heavy atom. The van der Waals surface area contributed by atoms with Gasteiger partial charge in [-0.2, -0.15) is 13.2 Å². The number of halogens is 6. The fraction of sp³-hybridized carbons (Fsp3) is 0.455. The van der Waals surface area contributed by atoms with Crippen LogP contribution in [-0.2, 0) is 6.18 Å². The van der Waals surface area contributed by atoms with Crippen molar-refractivity contribution in [3.63, 3.8) is 0 Å². The van der Waals surface area contributed by atoms with Gasteiger partial charge >= 0.3 is 6.18 Å². The molecule has 0 saturated carbocycles. The zero-order chi connectivity index (χ0) is 13.7. The summed E-state index contributed by atoms with van der Waals surface area (Å²) in [6.45, 7) is 0.104. The third-order valence-electron chi connectivity index (χ3n) is 2.92. The van der Waals surface area contributed by atoms with Gasteiger partial charge in [-0.3, -0.25) is 0 Å². The molecule has 100 valence electrons. The summed E-state index contributed by atoms with van der Waals surface area (Å²) < 4.78 is 70.2. The van der Waals surface area contributed by atoms with Gasteiger partial charge in [-0.1, -0.05) is 18.5 Å². The van der Waals surface area contributed by atoms with Gasteiger partial charge in [-0.15, -0.1) is 0 Å². The summed E-state index contributed by atoms with van der Waals surface area (Å²) in [5.74, 6) is -5.14. The summed E-state index contributed by atoms with van der Waals surface area (Å²) in [6, 6.07) is 2.18. The zero-order valence-electron chi connectivity index (χ0n) is 9.12. The second-order valence-electron chi connectivity index (χ2n) is 4.10. The smallest absolute Gasteiger partial charge is 0.418 e. The summed E-state index contributed by atoms with van der Waals surface area (Å²) in [6.07, 6.45) is -4.80. The van der Waals surface area contributed by atoms with Gasteiger partial charge in [-0.05, 0) is 12.1 Å². The summed E-state index contributed by atoms with van der Waals surface area (Å²) in [5.41, 5.74) is -1.82. The van der Waals surface area contributed by atoms with Crippen LogP contribution in [0.15, 0.2) is 12.1 Å². The molecule has 1 aromatic rings. The molecule has 2 rings (SSSR count). The van der Waals surface area contributed by atoms with Crippen LogP contribution >= 0.6 is 11.6 Å². The number of benzene rings is 1. The molecule has 0 amide bonds. The van der Waals surface area contributed by atoms with Crippen molar-refractivity contribution in [3.8, 4) is 5.75 Å². The number of fused-ring (bicyclic) bond motifs is 1. The van der Waals surface area contributed by atoms with E-state index in [0.717, 1.165) is 13.0 Å². The highest BCUT2D eigenvalue weighted by Crippen LogP contribution is 2.50. The fourth-order valence-electron chi connectivity index (χ4n) is 1.93. The molecule has 0 radical (unpaired) electrons. The van der Waals surface area contributed by atoms with Crippen LogP contribution < -0.4 is 4.74 Å². The first-order valence-corrected chi connectivity index (χ1v) is 5.42. The highest BCUT2D eigenvalue weighted by molar-refractivity contribution is 6.31. The van der Waals surface area contributed by atoms with Crippen molar-refractivity contribution in [2.75, 3.05) is 6.61 Å². The van der Waals surface area contributed by atoms with E-state index in [1.165, 1.54) is 6.07 Å². The van der Waals surface area contributed by atoms with Crippen molar-refractivity contribution < 1.29 is 26.7 Å². The van der Waals surface area contributed by atoms with E-state index in [4.69, 9.17) is 16.3 Å². The largest absolute Gasteiger partial charge is 0.487 e. The molecule has 0 saturated heterocycles. The Kier molecular flexibility index (Phi) is 2.96. The third-order valence-corrected chi connectivity index (χ3v) is 3.24. The molecule has 0 N–H and O–H groups in total. The lowest BCUT2D eigenvalue weighted by Gasteiger charge is -2.33. The highest BCUT2D eigenvalue weighted by atomic mass is 35.5. The maximum Gasteiger partial charge on any atom is 0.418 e. The lowest BCUT2D eigenvalue weighted by molar-refractivity contribution is -0.140. The molecule has 1 heterocycles. The van der Waals surface area contributed by atoms with Gasteiger partial charge < -0.3 is 4.74 Å². The van der Waals surface area contributed by atoms with E-state index in [1.807, 2.05) is 0 Å². The lowest BCUT2D eigenvalue weighted by Crippen LogP contribution is -2.37. The standard InChI is InChI=1S/C11H8ClF5O/c1-5-8-7(18-4-10(5,13)14)3-2-6(12)9(8)11(15,16)17/h2-3,5H,4H2,1H3. The van der Waals surface area contributed by atoms with Gasteiger partial charge in [0.05, 0.1) is 16.5 Å². The van der Waals surface area contributed by atoms with Gasteiger partial charge in [0.15, 0.2) is 6.61 Å². The van der Waals surface area contributed by atoms with E-state index >= 15 is 0 Å². The third kappa shape index (κ3) is 2.02. The van der Waals surface area contributed by atoms with Crippen LogP contribution in [0, 0.1) is 0 Å². The van der Waals surface area contributed by atoms with Crippen molar-refractivity contribution in [2.24, 2.45) is 0 Å². The topological polar surface area (TPSA) is 9.23 Å². The monoisotopic (exact) mass is 286 g/mol. The Balaban J connectivity index is 2.70. The molecule has 0 aliphatic carbocycles. The first-order chi connectivity index (χ1) is 8.14. The second kappa shape index (κ2) is 3.98. The highest BCUT2D eigenvalue weighted by Gasteiger charge is 2.49. The van der Waals surface area contributed by atoms with Crippen LogP contribution in [-0.4, -0.2) is 12.5 Å². The van der Waals surface area contributed by atoms with Crippen LogP contribution in [0.5, 0.6) is 5.75 Å². The van der Waals surface area contributed by atoms with Crippen LogP contribution in [0.4, 0.5) is 22.0 Å². The normalized spacial score (nSPS) is 22.3. The average Bonchev–Trinajstić information content (AvgIpc) is 2.22. The van der Waals surface area contributed by atoms with E-state index in [1.54, 1.807) is 0 Å². The maximum atomic E-state index is 13.4. The Labute approximate surface area is 104 Å². The molecular formula is C11H8ClF5O. The molecule has 1 nitrogen and oxygen atoms in total. The number of ether oxygens (including phenoxy) is 1. The lowest BCUT2D eigenvalue weighted by atomic mass is 9.88. The molecule has 7 heteroatoms. The van der Waals surface area contributed by atoms with E-state index in [-0.39, 0.29) is 5.75 Å². The SMILES string of the molecule is CC1c2c(ccc(Cl)c2C(F)(F)F)OCC1(F)F. The molecule has 1 atom stereocenters. The Morgan fingerprint density at radius 3 is 2.50 bits per heavy atom. The predicted molar refractivity (Wildman–Crippen MR) is 55.3 cm³/mol. The first kappa shape index (κ1) is 13.4. The van der Waals surface area contributed by atoms with Gasteiger partial charge in [-0.25, -0.2) is 8.78 Å². The van der Waals surface area contributed by atoms with Crippen LogP contribution in [0.25, 0.3) is 0 Å². The van der Waals surface area contributed by atoms with Crippen molar-refractivity contribution in [2.45, 2.75) is 24.9 Å². The van der Waals surface area contributed by atoms with Crippen molar-refractivity contribution in [1.82, 2.24) is 0 Å². The summed E-state index contributed by atoms with van der Waals surface area (Å²) in [7, 11) is 0. The maximum absolute atomic E-state index is 13.4. The van der Waals surface area contributed by atoms with E-state index in [0.29, 0.717) is 0 Å². The number of rotatable bonds is 0. The Morgan fingerprint density at radius 2 is 1.94 bits per heavy atom. The van der Waals surface area contributed by atoms with Crippen LogP contribution in [0.3, 0.4) is 0 Å². The Hall–Kier alpha value is -1.04. The van der Waals surface area contributed by atoms with Crippen molar-refractivity contribution in [1.29, 1.82) is 0 Å². The summed E-state index contributed by atoms with van der Waals surface area (Å²) >= 11 is 5.48. The molecule has 1 unspecified atom stereocenters. The van der Waals surface area contributed by atoms with Gasteiger partial charge in [0, 0.05) is 5.56 Å². The Bertz CT molecular complexity index is 483. The minimum absolute atomic E-state index is 0.190. The molecule has 0 spiro atoms. The zero-order valence-corrected chi connectivity index (χ0v) is 9.87. The number of hydrogen-bond donors (Lipinski definition) is 0. The molecule has 0 bridgehead atoms. The molecule has 0 aromatic heterocycles. The second-order valence-corrected chi connectivity index (χ2v) is 4.51. The van der Waals surface area contributed by atoms with Crippen molar-refractivity contribution >= 4 is 11.6 Å². The predicted octanol–water partition coefficient (Wildman–Crippen LogP) is 4.49. The van der Waals surface area contributed by atoms with Crippen LogP contribution in [0.1, 0.15) is 24.0 Å². The fourth-order valence-corrected chi connectivity index (χ4v) is 2.20. The molecule has 1 aromatic carbocycles. The van der Waals surface area contributed by atoms with Gasteiger partial charge in [0.25, 0.3) is 5.92 Å². The summed E-state index contributed by atoms with van der Waals surface area (Å²) in [4.78, 5) is 0. The van der Waals surface area contributed by atoms with E-state index in [2.05, 4.69) is 0 Å². The van der Waals surface area contributed by atoms with E-state index < -0.39 is 40.8 Å². The quantitative estimate of drug-likeness (QED) is 0.639. The van der Waals surface area contributed by atoms with Gasteiger partial charge in [0.2, 0.25) is 0 Å². The molecule has 1 aliphatic rings. The molecule has 1 aliphatic heterocycles. The van der Waals surface area contributed by atoms with Crippen molar-refractivity contribution in [3.05, 3.63) is 28.3 Å². The summed E-state index contributed by atoms with van der Waals surface area (Å²) in [5, 5.41) is -0.602. The minimum atomic E-state index is -4.80. The number of alkyl halides is 5. The van der Waals surface area contributed by atoms with Crippen LogP contribution in [0.2, 0.25) is 5.02 Å². The van der Waals surface area contributed by atoms with Gasteiger partial charge in [0.1, 0.15) is 5.75 Å². The first-order valence-electron chi connectivity index (χ1n) is 5.05. The number of hydrogen-bond acceptors (Lipinski definition) is 1. The van der Waals surface area contributed by atoms with E-state index in [9.17, 15) is 22.0 Å². The molecule has 0 fully saturated rings. The average molecular weight is 287 g/mol. The molecule has 18 heavy (non-hydrogen) atoms. The minimum Gasteiger partial charge on any atom is -0.487 e.